The predicted octanol–water partition coefficient (Wildman–Crippen LogP) is 7.49. The summed E-state index contributed by atoms with van der Waals surface area (Å²) >= 11 is 0. The van der Waals surface area contributed by atoms with Crippen LogP contribution in [-0.2, 0) is 14.3 Å². The van der Waals surface area contributed by atoms with E-state index in [1.807, 2.05) is 36.5 Å². The first kappa shape index (κ1) is 31.9. The molecule has 0 spiro atoms. The van der Waals surface area contributed by atoms with Gasteiger partial charge in [0.2, 0.25) is 0 Å². The van der Waals surface area contributed by atoms with Crippen molar-refractivity contribution in [3.05, 3.63) is 60.4 Å². The van der Waals surface area contributed by atoms with Crippen molar-refractivity contribution >= 4 is 17.6 Å². The molecule has 6 rings (SSSR count). The average Bonchev–Trinajstić information content (AvgIpc) is 3.51. The van der Waals surface area contributed by atoms with E-state index in [4.69, 9.17) is 14.6 Å². The van der Waals surface area contributed by atoms with Gasteiger partial charge in [-0.25, -0.2) is 4.79 Å². The molecule has 1 atom stereocenters. The highest BCUT2D eigenvalue weighted by Crippen LogP contribution is 2.45. The molecule has 0 amide bonds. The Morgan fingerprint density at radius 2 is 1.74 bits per heavy atom. The Bertz CT molecular complexity index is 1520. The minimum atomic E-state index is -5.20. The zero-order valence-electron chi connectivity index (χ0n) is 26.0. The van der Waals surface area contributed by atoms with Crippen molar-refractivity contribution < 1.29 is 37.0 Å². The number of halogens is 3. The topological polar surface area (TPSA) is 82.9 Å². The maximum Gasteiger partial charge on any atom is 0.491 e. The Morgan fingerprint density at radius 1 is 0.978 bits per heavy atom. The van der Waals surface area contributed by atoms with E-state index in [9.17, 15) is 22.8 Å². The van der Waals surface area contributed by atoms with Crippen molar-refractivity contribution in [3.8, 4) is 22.6 Å². The number of esters is 2. The highest BCUT2D eigenvalue weighted by molar-refractivity contribution is 5.88. The lowest BCUT2D eigenvalue weighted by atomic mass is 9.91. The molecule has 1 saturated heterocycles. The van der Waals surface area contributed by atoms with Crippen LogP contribution in [0.5, 0.6) is 11.5 Å². The Labute approximate surface area is 266 Å². The van der Waals surface area contributed by atoms with Crippen LogP contribution in [-0.4, -0.2) is 54.7 Å². The first-order valence-electron chi connectivity index (χ1n) is 16.2. The number of hydrogen-bond acceptors (Lipinski definition) is 7. The van der Waals surface area contributed by atoms with Crippen LogP contribution in [0.15, 0.2) is 54.9 Å². The third-order valence-electron chi connectivity index (χ3n) is 9.56. The molecule has 0 N–H and O–H groups in total. The third-order valence-corrected chi connectivity index (χ3v) is 9.56. The van der Waals surface area contributed by atoms with Crippen LogP contribution in [0.25, 0.3) is 11.1 Å². The van der Waals surface area contributed by atoms with Crippen molar-refractivity contribution in [3.63, 3.8) is 0 Å². The summed E-state index contributed by atoms with van der Waals surface area (Å²) in [5, 5.41) is 4.71. The molecule has 246 valence electrons. The van der Waals surface area contributed by atoms with E-state index in [1.165, 1.54) is 25.7 Å². The fourth-order valence-corrected chi connectivity index (χ4v) is 6.82. The molecule has 2 heterocycles. The number of alkyl halides is 3. The molecular weight excluding hydrogens is 599 g/mol. The van der Waals surface area contributed by atoms with Gasteiger partial charge in [-0.05, 0) is 86.1 Å². The summed E-state index contributed by atoms with van der Waals surface area (Å²) in [7, 11) is 1.68. The molecule has 1 aliphatic heterocycles. The number of hydrogen-bond donors (Lipinski definition) is 0. The van der Waals surface area contributed by atoms with E-state index in [0.717, 1.165) is 66.9 Å². The summed E-state index contributed by atoms with van der Waals surface area (Å²) in [4.78, 5) is 25.7. The van der Waals surface area contributed by atoms with Crippen molar-refractivity contribution in [2.24, 2.45) is 11.8 Å². The lowest BCUT2D eigenvalue weighted by Crippen LogP contribution is -2.35. The predicted molar refractivity (Wildman–Crippen MR) is 166 cm³/mol. The number of nitrogens with zero attached hydrogens (tertiary/aromatic N) is 3. The normalized spacial score (nSPS) is 18.4. The fraction of sp³-hybridized carbons (Fsp3) is 0.514. The summed E-state index contributed by atoms with van der Waals surface area (Å²) in [6.07, 6.45) is 7.15. The lowest BCUT2D eigenvalue weighted by Gasteiger charge is -2.34. The van der Waals surface area contributed by atoms with Gasteiger partial charge in [-0.15, -0.1) is 0 Å². The van der Waals surface area contributed by atoms with E-state index >= 15 is 0 Å². The number of aromatic nitrogens is 2. The third kappa shape index (κ3) is 7.67. The molecule has 2 saturated carbocycles. The second-order valence-corrected chi connectivity index (χ2v) is 12.8. The van der Waals surface area contributed by atoms with Gasteiger partial charge in [-0.1, -0.05) is 25.0 Å². The monoisotopic (exact) mass is 639 g/mol. The number of benzene rings is 2. The van der Waals surface area contributed by atoms with Gasteiger partial charge in [0.05, 0.1) is 32.4 Å². The van der Waals surface area contributed by atoms with Crippen LogP contribution in [0.4, 0.5) is 18.9 Å². The first-order valence-corrected chi connectivity index (χ1v) is 16.2. The molecule has 3 fully saturated rings. The van der Waals surface area contributed by atoms with Crippen LogP contribution in [0.2, 0.25) is 0 Å². The Kier molecular flexibility index (Phi) is 9.56. The van der Waals surface area contributed by atoms with Crippen molar-refractivity contribution in [1.29, 1.82) is 0 Å². The molecule has 2 aliphatic carbocycles. The van der Waals surface area contributed by atoms with E-state index < -0.39 is 18.1 Å². The van der Waals surface area contributed by atoms with E-state index in [1.54, 1.807) is 7.11 Å². The standard InChI is InChI=1S/C35H40F3N3O5/c1-44-28-11-12-30(26-20-39-41(21-26)27-6-2-3-7-27)32(18-28)40-15-13-23(14-16-40)22-45-29-8-4-5-25(17-29)31(24-9-10-24)19-33(42)46-34(43)35(36,37)38/h4-5,8,11-12,17-18,20-21,23-24,27,31H,2-3,6-7,9-10,13-16,19,22H2,1H3/t31-/m0/s1. The Balaban J connectivity index is 1.06. The fourth-order valence-electron chi connectivity index (χ4n) is 6.82. The zero-order valence-corrected chi connectivity index (χ0v) is 26.0. The molecule has 0 bridgehead atoms. The summed E-state index contributed by atoms with van der Waals surface area (Å²) in [5.41, 5.74) is 4.19. The largest absolute Gasteiger partial charge is 0.497 e. The summed E-state index contributed by atoms with van der Waals surface area (Å²) < 4.78 is 55.6. The van der Waals surface area contributed by atoms with Gasteiger partial charge < -0.3 is 19.1 Å². The average molecular weight is 640 g/mol. The minimum absolute atomic E-state index is 0.159. The number of carbonyl (C=O) groups is 2. The van der Waals surface area contributed by atoms with E-state index in [0.29, 0.717) is 24.3 Å². The molecule has 0 radical (unpaired) electrons. The number of rotatable bonds is 11. The number of piperidine rings is 1. The SMILES string of the molecule is COc1ccc(-c2cnn(C3CCCC3)c2)c(N2CCC(COc3cccc([C@@H](CC(=O)OC(=O)C(F)(F)F)C4CC4)c3)CC2)c1. The number of carbonyl (C=O) groups excluding carboxylic acids is 2. The molecule has 0 unspecified atom stereocenters. The van der Waals surface area contributed by atoms with Crippen molar-refractivity contribution in [2.45, 2.75) is 75.9 Å². The van der Waals surface area contributed by atoms with Crippen LogP contribution >= 0.6 is 0 Å². The number of anilines is 1. The molecule has 46 heavy (non-hydrogen) atoms. The Hall–Kier alpha value is -4.02. The quantitative estimate of drug-likeness (QED) is 0.159. The highest BCUT2D eigenvalue weighted by Gasteiger charge is 2.43. The highest BCUT2D eigenvalue weighted by atomic mass is 19.4. The summed E-state index contributed by atoms with van der Waals surface area (Å²) in [6.45, 7) is 2.27. The van der Waals surface area contributed by atoms with Gasteiger partial charge in [0, 0.05) is 42.2 Å². The molecular formula is C35H40F3N3O5. The van der Waals surface area contributed by atoms with E-state index in [-0.39, 0.29) is 18.3 Å². The second kappa shape index (κ2) is 13.8. The second-order valence-electron chi connectivity index (χ2n) is 12.8. The molecule has 1 aromatic heterocycles. The van der Waals surface area contributed by atoms with Gasteiger partial charge in [0.15, 0.2) is 0 Å². The smallest absolute Gasteiger partial charge is 0.491 e. The van der Waals surface area contributed by atoms with Gasteiger partial charge in [0.25, 0.3) is 0 Å². The van der Waals surface area contributed by atoms with Crippen molar-refractivity contribution in [1.82, 2.24) is 9.78 Å². The summed E-state index contributed by atoms with van der Waals surface area (Å²) in [6, 6.07) is 14.1. The minimum Gasteiger partial charge on any atom is -0.497 e. The maximum atomic E-state index is 12.6. The molecule has 2 aromatic carbocycles. The van der Waals surface area contributed by atoms with Crippen molar-refractivity contribution in [2.75, 3.05) is 31.7 Å². The molecule has 8 nitrogen and oxygen atoms in total. The van der Waals surface area contributed by atoms with Gasteiger partial charge in [-0.3, -0.25) is 9.48 Å². The number of methoxy groups -OCH3 is 1. The van der Waals surface area contributed by atoms with E-state index in [2.05, 4.69) is 32.6 Å². The summed E-state index contributed by atoms with van der Waals surface area (Å²) in [5.74, 6) is -2.00. The first-order chi connectivity index (χ1) is 22.2. The molecule has 3 aromatic rings. The lowest BCUT2D eigenvalue weighted by molar-refractivity contribution is -0.202. The van der Waals surface area contributed by atoms with Crippen LogP contribution in [0.1, 0.15) is 75.3 Å². The van der Waals surface area contributed by atoms with Crippen LogP contribution < -0.4 is 14.4 Å². The molecule has 11 heteroatoms. The van der Waals surface area contributed by atoms with Gasteiger partial charge >= 0.3 is 18.1 Å². The zero-order chi connectivity index (χ0) is 32.3. The van der Waals surface area contributed by atoms with Gasteiger partial charge in [-0.2, -0.15) is 18.3 Å². The Morgan fingerprint density at radius 3 is 2.43 bits per heavy atom. The van der Waals surface area contributed by atoms with Crippen LogP contribution in [0.3, 0.4) is 0 Å². The molecule has 3 aliphatic rings. The maximum absolute atomic E-state index is 12.6. The van der Waals surface area contributed by atoms with Gasteiger partial charge in [0.1, 0.15) is 11.5 Å². The van der Waals surface area contributed by atoms with Crippen LogP contribution in [0, 0.1) is 11.8 Å². The number of ether oxygens (including phenoxy) is 3.